The second kappa shape index (κ2) is 7.09. The summed E-state index contributed by atoms with van der Waals surface area (Å²) in [6.45, 7) is 2.42. The standard InChI is InChI=1S/C23H18ClN3O2S/c1-15-10-11-20-19(12-15)23(21(28)26(20)14-16-6-3-2-4-7-16)25-22(30)27(29-23)18-9-5-8-17(24)13-18/h2-13H,14H2,1H3,(H,25,30). The van der Waals surface area contributed by atoms with Crippen molar-refractivity contribution in [2.45, 2.75) is 19.2 Å². The Kier molecular flexibility index (Phi) is 4.50. The lowest BCUT2D eigenvalue weighted by Crippen LogP contribution is -2.48. The molecule has 5 rings (SSSR count). The number of carbonyl (C=O) groups excluding carboxylic acids is 1. The summed E-state index contributed by atoms with van der Waals surface area (Å²) in [7, 11) is 0. The fraction of sp³-hybridized carbons (Fsp3) is 0.130. The second-order valence-corrected chi connectivity index (χ2v) is 8.20. The zero-order valence-electron chi connectivity index (χ0n) is 16.1. The number of hydrogen-bond acceptors (Lipinski definition) is 3. The molecular formula is C23H18ClN3O2S. The van der Waals surface area contributed by atoms with Crippen LogP contribution >= 0.6 is 23.8 Å². The maximum absolute atomic E-state index is 13.7. The molecule has 5 nitrogen and oxygen atoms in total. The fourth-order valence-electron chi connectivity index (χ4n) is 3.89. The van der Waals surface area contributed by atoms with Crippen LogP contribution in [0.1, 0.15) is 16.7 Å². The second-order valence-electron chi connectivity index (χ2n) is 7.37. The largest absolute Gasteiger partial charge is 0.319 e. The highest BCUT2D eigenvalue weighted by Crippen LogP contribution is 2.46. The molecule has 2 heterocycles. The average Bonchev–Trinajstić information content (AvgIpc) is 3.20. The van der Waals surface area contributed by atoms with Crippen LogP contribution in [-0.2, 0) is 21.9 Å². The number of hydrogen-bond donors (Lipinski definition) is 1. The van der Waals surface area contributed by atoms with Crippen molar-refractivity contribution < 1.29 is 9.63 Å². The van der Waals surface area contributed by atoms with Crippen LogP contribution in [0.15, 0.2) is 72.8 Å². The predicted octanol–water partition coefficient (Wildman–Crippen LogP) is 4.67. The smallest absolute Gasteiger partial charge is 0.288 e. The molecule has 1 unspecified atom stereocenters. The molecule has 150 valence electrons. The van der Waals surface area contributed by atoms with E-state index < -0.39 is 5.72 Å². The fourth-order valence-corrected chi connectivity index (χ4v) is 4.36. The van der Waals surface area contributed by atoms with Crippen molar-refractivity contribution in [1.82, 2.24) is 5.32 Å². The van der Waals surface area contributed by atoms with Gasteiger partial charge in [0.1, 0.15) is 0 Å². The molecule has 1 atom stereocenters. The molecule has 0 aliphatic carbocycles. The molecule has 2 aliphatic heterocycles. The molecule has 30 heavy (non-hydrogen) atoms. The Labute approximate surface area is 184 Å². The van der Waals surface area contributed by atoms with Gasteiger partial charge in [0, 0.05) is 10.6 Å². The highest BCUT2D eigenvalue weighted by atomic mass is 35.5. The molecule has 1 spiro atoms. The third-order valence-electron chi connectivity index (χ3n) is 5.29. The van der Waals surface area contributed by atoms with E-state index in [-0.39, 0.29) is 5.91 Å². The van der Waals surface area contributed by atoms with Crippen molar-refractivity contribution in [2.24, 2.45) is 0 Å². The first-order valence-corrected chi connectivity index (χ1v) is 10.3. The Morgan fingerprint density at radius 2 is 1.87 bits per heavy atom. The molecule has 0 saturated carbocycles. The van der Waals surface area contributed by atoms with E-state index in [1.165, 1.54) is 5.06 Å². The van der Waals surface area contributed by atoms with Crippen molar-refractivity contribution >= 4 is 46.2 Å². The molecule has 3 aromatic rings. The summed E-state index contributed by atoms with van der Waals surface area (Å²) in [5, 5.41) is 5.46. The van der Waals surface area contributed by atoms with E-state index in [2.05, 4.69) is 5.32 Å². The van der Waals surface area contributed by atoms with Gasteiger partial charge in [-0.3, -0.25) is 4.79 Å². The van der Waals surface area contributed by atoms with Crippen molar-refractivity contribution in [3.8, 4) is 0 Å². The lowest BCUT2D eigenvalue weighted by Gasteiger charge is -2.23. The van der Waals surface area contributed by atoms with E-state index in [0.29, 0.717) is 22.4 Å². The minimum Gasteiger partial charge on any atom is -0.319 e. The Balaban J connectivity index is 1.58. The van der Waals surface area contributed by atoms with Gasteiger partial charge in [0.05, 0.1) is 17.9 Å². The van der Waals surface area contributed by atoms with Crippen LogP contribution in [0.25, 0.3) is 0 Å². The van der Waals surface area contributed by atoms with Gasteiger partial charge in [-0.15, -0.1) is 0 Å². The summed E-state index contributed by atoms with van der Waals surface area (Å²) >= 11 is 11.7. The summed E-state index contributed by atoms with van der Waals surface area (Å²) in [5.41, 5.74) is 2.85. The molecule has 1 N–H and O–H groups in total. The molecule has 1 fully saturated rings. The van der Waals surface area contributed by atoms with Gasteiger partial charge in [-0.25, -0.2) is 4.84 Å². The van der Waals surface area contributed by atoms with Crippen LogP contribution in [0.5, 0.6) is 0 Å². The average molecular weight is 436 g/mol. The molecule has 0 aromatic heterocycles. The summed E-state index contributed by atoms with van der Waals surface area (Å²) < 4.78 is 0. The summed E-state index contributed by atoms with van der Waals surface area (Å²) in [5.74, 6) is -0.209. The summed E-state index contributed by atoms with van der Waals surface area (Å²) in [4.78, 5) is 21.7. The number of anilines is 2. The maximum Gasteiger partial charge on any atom is 0.288 e. The van der Waals surface area contributed by atoms with E-state index >= 15 is 0 Å². The van der Waals surface area contributed by atoms with Crippen molar-refractivity contribution in [3.05, 3.63) is 94.5 Å². The molecule has 0 radical (unpaired) electrons. The topological polar surface area (TPSA) is 44.8 Å². The molecule has 2 aliphatic rings. The quantitative estimate of drug-likeness (QED) is 0.605. The number of halogens is 1. The van der Waals surface area contributed by atoms with Crippen LogP contribution in [0.2, 0.25) is 5.02 Å². The van der Waals surface area contributed by atoms with Crippen LogP contribution < -0.4 is 15.3 Å². The Bertz CT molecular complexity index is 1170. The van der Waals surface area contributed by atoms with Gasteiger partial charge in [-0.05, 0) is 55.0 Å². The van der Waals surface area contributed by atoms with Crippen molar-refractivity contribution in [3.63, 3.8) is 0 Å². The Morgan fingerprint density at radius 3 is 2.63 bits per heavy atom. The lowest BCUT2D eigenvalue weighted by molar-refractivity contribution is -0.141. The first-order valence-electron chi connectivity index (χ1n) is 9.52. The van der Waals surface area contributed by atoms with E-state index in [1.807, 2.05) is 67.6 Å². The first kappa shape index (κ1) is 19.1. The van der Waals surface area contributed by atoms with Gasteiger partial charge in [-0.2, -0.15) is 5.06 Å². The summed E-state index contributed by atoms with van der Waals surface area (Å²) in [6, 6.07) is 22.9. The summed E-state index contributed by atoms with van der Waals surface area (Å²) in [6.07, 6.45) is 0. The Morgan fingerprint density at radius 1 is 1.07 bits per heavy atom. The van der Waals surface area contributed by atoms with Gasteiger partial charge < -0.3 is 10.2 Å². The van der Waals surface area contributed by atoms with E-state index in [9.17, 15) is 4.79 Å². The van der Waals surface area contributed by atoms with E-state index in [1.54, 1.807) is 17.0 Å². The minimum atomic E-state index is -1.41. The van der Waals surface area contributed by atoms with E-state index in [4.69, 9.17) is 28.7 Å². The van der Waals surface area contributed by atoms with Gasteiger partial charge in [0.2, 0.25) is 5.11 Å². The highest BCUT2D eigenvalue weighted by molar-refractivity contribution is 7.80. The van der Waals surface area contributed by atoms with Gasteiger partial charge >= 0.3 is 0 Å². The van der Waals surface area contributed by atoms with Crippen LogP contribution in [0.4, 0.5) is 11.4 Å². The number of nitrogens with zero attached hydrogens (tertiary/aromatic N) is 2. The lowest BCUT2D eigenvalue weighted by atomic mass is 10.0. The zero-order valence-corrected chi connectivity index (χ0v) is 17.7. The number of hydroxylamine groups is 1. The van der Waals surface area contributed by atoms with Crippen LogP contribution in [-0.4, -0.2) is 11.0 Å². The van der Waals surface area contributed by atoms with Gasteiger partial charge in [0.15, 0.2) is 0 Å². The number of fused-ring (bicyclic) bond motifs is 2. The van der Waals surface area contributed by atoms with Crippen LogP contribution in [0.3, 0.4) is 0 Å². The monoisotopic (exact) mass is 435 g/mol. The number of carbonyl (C=O) groups is 1. The zero-order chi connectivity index (χ0) is 20.9. The molecule has 3 aromatic carbocycles. The van der Waals surface area contributed by atoms with Gasteiger partial charge in [-0.1, -0.05) is 59.6 Å². The maximum atomic E-state index is 13.7. The third-order valence-corrected chi connectivity index (χ3v) is 5.79. The molecule has 7 heteroatoms. The van der Waals surface area contributed by atoms with E-state index in [0.717, 1.165) is 22.4 Å². The SMILES string of the molecule is Cc1ccc2c(c1)C1(NC(=S)N(c3cccc(Cl)c3)O1)C(=O)N2Cc1ccccc1. The number of rotatable bonds is 3. The van der Waals surface area contributed by atoms with Crippen molar-refractivity contribution in [2.75, 3.05) is 9.96 Å². The number of nitrogens with one attached hydrogen (secondary N) is 1. The molecular weight excluding hydrogens is 418 g/mol. The predicted molar refractivity (Wildman–Crippen MR) is 121 cm³/mol. The molecule has 0 bridgehead atoms. The first-order chi connectivity index (χ1) is 14.5. The van der Waals surface area contributed by atoms with Crippen LogP contribution in [0, 0.1) is 6.92 Å². The van der Waals surface area contributed by atoms with Gasteiger partial charge in [0.25, 0.3) is 11.6 Å². The number of aryl methyl sites for hydroxylation is 1. The third kappa shape index (κ3) is 2.96. The molecule has 1 amide bonds. The normalized spacial score (nSPS) is 20.1. The molecule has 1 saturated heterocycles. The highest BCUT2D eigenvalue weighted by Gasteiger charge is 2.59. The minimum absolute atomic E-state index is 0.209. The number of amides is 1. The number of thiocarbonyl (C=S) groups is 1. The van der Waals surface area contributed by atoms with Crippen molar-refractivity contribution in [1.29, 1.82) is 0 Å². The Hall–Kier alpha value is -2.93. The number of benzene rings is 3.